The van der Waals surface area contributed by atoms with Crippen molar-refractivity contribution in [3.8, 4) is 0 Å². The molecule has 1 saturated carbocycles. The van der Waals surface area contributed by atoms with E-state index < -0.39 is 11.5 Å². The van der Waals surface area contributed by atoms with Crippen LogP contribution in [-0.4, -0.2) is 16.6 Å². The zero-order valence-corrected chi connectivity index (χ0v) is 9.29. The molecule has 0 aliphatic heterocycles. The molecule has 1 aromatic rings. The van der Waals surface area contributed by atoms with E-state index in [0.717, 1.165) is 5.56 Å². The average Bonchev–Trinajstić information content (AvgIpc) is 2.85. The van der Waals surface area contributed by atoms with Gasteiger partial charge in [-0.15, -0.1) is 0 Å². The molecule has 2 atom stereocenters. The third kappa shape index (κ3) is 1.66. The van der Waals surface area contributed by atoms with E-state index in [2.05, 4.69) is 15.9 Å². The first kappa shape index (κ1) is 10.6. The maximum atomic E-state index is 12.9. The van der Waals surface area contributed by atoms with E-state index in [1.807, 2.05) is 0 Å². The fourth-order valence-electron chi connectivity index (χ4n) is 1.66. The number of halogens is 2. The van der Waals surface area contributed by atoms with Gasteiger partial charge in [0, 0.05) is 5.92 Å². The molecule has 0 amide bonds. The van der Waals surface area contributed by atoms with Gasteiger partial charge in [-0.3, -0.25) is 4.79 Å². The number of rotatable bonds is 2. The molecule has 3 nitrogen and oxygen atoms in total. The van der Waals surface area contributed by atoms with Crippen LogP contribution in [0.3, 0.4) is 0 Å². The van der Waals surface area contributed by atoms with Crippen molar-refractivity contribution in [3.05, 3.63) is 34.1 Å². The van der Waals surface area contributed by atoms with Gasteiger partial charge in [-0.25, -0.2) is 4.39 Å². The van der Waals surface area contributed by atoms with Crippen LogP contribution in [0.1, 0.15) is 17.9 Å². The Labute approximate surface area is 94.2 Å². The second-order valence-electron chi connectivity index (χ2n) is 3.78. The Hall–Kier alpha value is -0.940. The molecular formula is C10H9BrFNO2. The Morgan fingerprint density at radius 3 is 2.80 bits per heavy atom. The monoisotopic (exact) mass is 273 g/mol. The van der Waals surface area contributed by atoms with Crippen molar-refractivity contribution in [2.24, 2.45) is 5.73 Å². The van der Waals surface area contributed by atoms with Gasteiger partial charge in [-0.2, -0.15) is 0 Å². The predicted octanol–water partition coefficient (Wildman–Crippen LogP) is 1.86. The smallest absolute Gasteiger partial charge is 0.324 e. The highest BCUT2D eigenvalue weighted by Crippen LogP contribution is 2.50. The van der Waals surface area contributed by atoms with Crippen LogP contribution in [-0.2, 0) is 4.79 Å². The van der Waals surface area contributed by atoms with Crippen molar-refractivity contribution in [1.29, 1.82) is 0 Å². The first-order chi connectivity index (χ1) is 6.95. The Bertz CT molecular complexity index is 437. The summed E-state index contributed by atoms with van der Waals surface area (Å²) in [4.78, 5) is 10.8. The third-order valence-electron chi connectivity index (χ3n) is 2.75. The lowest BCUT2D eigenvalue weighted by molar-refractivity contribution is -0.139. The minimum absolute atomic E-state index is 0.216. The topological polar surface area (TPSA) is 63.3 Å². The van der Waals surface area contributed by atoms with Crippen molar-refractivity contribution < 1.29 is 14.3 Å². The molecule has 0 aromatic heterocycles. The largest absolute Gasteiger partial charge is 0.480 e. The zero-order valence-electron chi connectivity index (χ0n) is 7.71. The first-order valence-corrected chi connectivity index (χ1v) is 5.21. The normalized spacial score (nSPS) is 28.9. The summed E-state index contributed by atoms with van der Waals surface area (Å²) in [6.07, 6.45) is 0.403. The van der Waals surface area contributed by atoms with Crippen molar-refractivity contribution >= 4 is 21.9 Å². The maximum Gasteiger partial charge on any atom is 0.324 e. The molecule has 3 N–H and O–H groups in total. The summed E-state index contributed by atoms with van der Waals surface area (Å²) in [6.45, 7) is 0. The minimum atomic E-state index is -1.17. The van der Waals surface area contributed by atoms with Gasteiger partial charge in [0.1, 0.15) is 11.4 Å². The molecule has 80 valence electrons. The second-order valence-corrected chi connectivity index (χ2v) is 4.63. The van der Waals surface area contributed by atoms with E-state index in [0.29, 0.717) is 10.9 Å². The number of hydrogen-bond donors (Lipinski definition) is 2. The van der Waals surface area contributed by atoms with Crippen LogP contribution in [0.15, 0.2) is 22.7 Å². The molecule has 0 bridgehead atoms. The number of benzene rings is 1. The Balaban J connectivity index is 2.27. The first-order valence-electron chi connectivity index (χ1n) is 4.42. The molecule has 2 rings (SSSR count). The van der Waals surface area contributed by atoms with E-state index in [-0.39, 0.29) is 11.7 Å². The van der Waals surface area contributed by atoms with Gasteiger partial charge in [0.25, 0.3) is 0 Å². The van der Waals surface area contributed by atoms with Crippen LogP contribution in [0.25, 0.3) is 0 Å². The van der Waals surface area contributed by atoms with Gasteiger partial charge in [0.05, 0.1) is 4.47 Å². The van der Waals surface area contributed by atoms with E-state index in [1.165, 1.54) is 6.07 Å². The van der Waals surface area contributed by atoms with Gasteiger partial charge >= 0.3 is 5.97 Å². The number of nitrogens with two attached hydrogens (primary N) is 1. The summed E-state index contributed by atoms with van der Waals surface area (Å²) in [6, 6.07) is 4.46. The SMILES string of the molecule is NC1(C(=O)O)CC1c1ccc(F)c(Br)c1. The highest BCUT2D eigenvalue weighted by atomic mass is 79.9. The van der Waals surface area contributed by atoms with E-state index in [4.69, 9.17) is 10.8 Å². The number of hydrogen-bond acceptors (Lipinski definition) is 2. The molecule has 0 saturated heterocycles. The fourth-order valence-corrected chi connectivity index (χ4v) is 2.06. The van der Waals surface area contributed by atoms with Crippen molar-refractivity contribution in [3.63, 3.8) is 0 Å². The summed E-state index contributed by atoms with van der Waals surface area (Å²) in [5, 5.41) is 8.86. The highest BCUT2D eigenvalue weighted by Gasteiger charge is 2.58. The van der Waals surface area contributed by atoms with Gasteiger partial charge in [-0.1, -0.05) is 6.07 Å². The van der Waals surface area contributed by atoms with Crippen LogP contribution in [0.4, 0.5) is 4.39 Å². The number of carbonyl (C=O) groups is 1. The van der Waals surface area contributed by atoms with E-state index >= 15 is 0 Å². The average molecular weight is 274 g/mol. The molecule has 1 aromatic carbocycles. The summed E-state index contributed by atoms with van der Waals surface area (Å²) in [5.41, 5.74) is 5.23. The lowest BCUT2D eigenvalue weighted by atomic mass is 10.1. The fraction of sp³-hybridized carbons (Fsp3) is 0.300. The van der Waals surface area contributed by atoms with Crippen molar-refractivity contribution in [1.82, 2.24) is 0 Å². The Morgan fingerprint density at radius 2 is 2.33 bits per heavy atom. The van der Waals surface area contributed by atoms with Gasteiger partial charge in [0.2, 0.25) is 0 Å². The molecule has 0 radical (unpaired) electrons. The van der Waals surface area contributed by atoms with Gasteiger partial charge in [0.15, 0.2) is 0 Å². The Morgan fingerprint density at radius 1 is 1.67 bits per heavy atom. The van der Waals surface area contributed by atoms with E-state index in [1.54, 1.807) is 12.1 Å². The quantitative estimate of drug-likeness (QED) is 0.865. The molecule has 1 fully saturated rings. The highest BCUT2D eigenvalue weighted by molar-refractivity contribution is 9.10. The standard InChI is InChI=1S/C10H9BrFNO2/c11-7-3-5(1-2-8(7)12)6-4-10(6,13)9(14)15/h1-3,6H,4,13H2,(H,14,15). The summed E-state index contributed by atoms with van der Waals surface area (Å²) >= 11 is 3.05. The summed E-state index contributed by atoms with van der Waals surface area (Å²) < 4.78 is 13.3. The van der Waals surface area contributed by atoms with Gasteiger partial charge < -0.3 is 10.8 Å². The molecule has 0 heterocycles. The molecule has 2 unspecified atom stereocenters. The number of carboxylic acid groups (broad SMARTS) is 1. The van der Waals surface area contributed by atoms with Gasteiger partial charge in [-0.05, 0) is 40.0 Å². The maximum absolute atomic E-state index is 12.9. The number of carboxylic acids is 1. The van der Waals surface area contributed by atoms with Crippen LogP contribution < -0.4 is 5.73 Å². The van der Waals surface area contributed by atoms with Crippen molar-refractivity contribution in [2.45, 2.75) is 17.9 Å². The summed E-state index contributed by atoms with van der Waals surface area (Å²) in [5.74, 6) is -1.59. The molecule has 1 aliphatic carbocycles. The Kier molecular flexibility index (Phi) is 2.31. The molecule has 15 heavy (non-hydrogen) atoms. The minimum Gasteiger partial charge on any atom is -0.480 e. The molecular weight excluding hydrogens is 265 g/mol. The van der Waals surface area contributed by atoms with Crippen LogP contribution in [0.5, 0.6) is 0 Å². The molecule has 0 spiro atoms. The number of aliphatic carboxylic acids is 1. The van der Waals surface area contributed by atoms with Crippen LogP contribution >= 0.6 is 15.9 Å². The van der Waals surface area contributed by atoms with Crippen molar-refractivity contribution in [2.75, 3.05) is 0 Å². The summed E-state index contributed by atoms with van der Waals surface area (Å²) in [7, 11) is 0. The lowest BCUT2D eigenvalue weighted by Crippen LogP contribution is -2.34. The second kappa shape index (κ2) is 3.28. The predicted molar refractivity (Wildman–Crippen MR) is 56.0 cm³/mol. The molecule has 5 heteroatoms. The zero-order chi connectivity index (χ0) is 11.2. The van der Waals surface area contributed by atoms with Crippen LogP contribution in [0, 0.1) is 5.82 Å². The van der Waals surface area contributed by atoms with Crippen LogP contribution in [0.2, 0.25) is 0 Å². The third-order valence-corrected chi connectivity index (χ3v) is 3.36. The van der Waals surface area contributed by atoms with E-state index in [9.17, 15) is 9.18 Å². The lowest BCUT2D eigenvalue weighted by Gasteiger charge is -2.06. The molecule has 1 aliphatic rings.